The highest BCUT2D eigenvalue weighted by molar-refractivity contribution is 5.47. The molecule has 1 aromatic carbocycles. The van der Waals surface area contributed by atoms with Crippen molar-refractivity contribution in [3.63, 3.8) is 0 Å². The van der Waals surface area contributed by atoms with Crippen LogP contribution in [0.1, 0.15) is 25.7 Å². The second-order valence-corrected chi connectivity index (χ2v) is 4.59. The first kappa shape index (κ1) is 12.2. The molecule has 0 saturated heterocycles. The standard InChI is InChI=1S/C14H21NO2/c1-16-13-8-6-11(7-9-13)15-12-4-3-5-14(10-12)17-2/h6-9,12,14-15H,3-5,10H2,1-2H3. The number of hydrogen-bond acceptors (Lipinski definition) is 3. The van der Waals surface area contributed by atoms with Crippen LogP contribution in [-0.2, 0) is 4.74 Å². The van der Waals surface area contributed by atoms with E-state index in [1.54, 1.807) is 14.2 Å². The summed E-state index contributed by atoms with van der Waals surface area (Å²) in [5, 5.41) is 3.56. The maximum Gasteiger partial charge on any atom is 0.119 e. The molecule has 2 rings (SSSR count). The molecule has 1 fully saturated rings. The van der Waals surface area contributed by atoms with E-state index in [0.717, 1.165) is 17.9 Å². The zero-order valence-corrected chi connectivity index (χ0v) is 10.6. The fourth-order valence-electron chi connectivity index (χ4n) is 2.41. The topological polar surface area (TPSA) is 30.5 Å². The Kier molecular flexibility index (Phi) is 4.26. The molecule has 0 aromatic heterocycles. The van der Waals surface area contributed by atoms with E-state index in [1.807, 2.05) is 12.1 Å². The van der Waals surface area contributed by atoms with Crippen molar-refractivity contribution in [3.05, 3.63) is 24.3 Å². The van der Waals surface area contributed by atoms with Gasteiger partial charge < -0.3 is 14.8 Å². The van der Waals surface area contributed by atoms with E-state index < -0.39 is 0 Å². The van der Waals surface area contributed by atoms with Gasteiger partial charge in [0.25, 0.3) is 0 Å². The van der Waals surface area contributed by atoms with E-state index in [0.29, 0.717) is 12.1 Å². The highest BCUT2D eigenvalue weighted by atomic mass is 16.5. The van der Waals surface area contributed by atoms with Crippen molar-refractivity contribution in [1.29, 1.82) is 0 Å². The molecule has 0 aliphatic heterocycles. The molecule has 2 atom stereocenters. The van der Waals surface area contributed by atoms with Crippen LogP contribution < -0.4 is 10.1 Å². The lowest BCUT2D eigenvalue weighted by atomic mass is 9.92. The Morgan fingerprint density at radius 1 is 1.12 bits per heavy atom. The number of nitrogens with one attached hydrogen (secondary N) is 1. The molecule has 17 heavy (non-hydrogen) atoms. The first-order valence-corrected chi connectivity index (χ1v) is 6.25. The summed E-state index contributed by atoms with van der Waals surface area (Å²) in [5.74, 6) is 0.897. The zero-order chi connectivity index (χ0) is 12.1. The minimum Gasteiger partial charge on any atom is -0.497 e. The third kappa shape index (κ3) is 3.37. The molecule has 0 heterocycles. The molecule has 2 unspecified atom stereocenters. The summed E-state index contributed by atoms with van der Waals surface area (Å²) in [4.78, 5) is 0. The highest BCUT2D eigenvalue weighted by Crippen LogP contribution is 2.24. The minimum atomic E-state index is 0.416. The van der Waals surface area contributed by atoms with Crippen molar-refractivity contribution >= 4 is 5.69 Å². The SMILES string of the molecule is COc1ccc(NC2CCCC(OC)C2)cc1. The van der Waals surface area contributed by atoms with Crippen LogP contribution in [0.2, 0.25) is 0 Å². The molecule has 94 valence electrons. The number of benzene rings is 1. The summed E-state index contributed by atoms with van der Waals surface area (Å²) in [5.41, 5.74) is 1.16. The molecule has 3 nitrogen and oxygen atoms in total. The van der Waals surface area contributed by atoms with Crippen LogP contribution in [-0.4, -0.2) is 26.4 Å². The summed E-state index contributed by atoms with van der Waals surface area (Å²) in [6.45, 7) is 0. The molecule has 1 aliphatic carbocycles. The average Bonchev–Trinajstić information content (AvgIpc) is 2.40. The van der Waals surface area contributed by atoms with Gasteiger partial charge in [0, 0.05) is 18.8 Å². The molecular weight excluding hydrogens is 214 g/mol. The molecule has 3 heteroatoms. The largest absolute Gasteiger partial charge is 0.497 e. The van der Waals surface area contributed by atoms with Crippen LogP contribution in [0.5, 0.6) is 5.75 Å². The molecule has 0 spiro atoms. The van der Waals surface area contributed by atoms with E-state index in [-0.39, 0.29) is 0 Å². The predicted octanol–water partition coefficient (Wildman–Crippen LogP) is 3.06. The van der Waals surface area contributed by atoms with Gasteiger partial charge >= 0.3 is 0 Å². The number of hydrogen-bond donors (Lipinski definition) is 1. The number of methoxy groups -OCH3 is 2. The smallest absolute Gasteiger partial charge is 0.119 e. The van der Waals surface area contributed by atoms with Crippen molar-refractivity contribution in [2.75, 3.05) is 19.5 Å². The second-order valence-electron chi connectivity index (χ2n) is 4.59. The highest BCUT2D eigenvalue weighted by Gasteiger charge is 2.21. The summed E-state index contributed by atoms with van der Waals surface area (Å²) >= 11 is 0. The fraction of sp³-hybridized carbons (Fsp3) is 0.571. The zero-order valence-electron chi connectivity index (χ0n) is 10.6. The van der Waals surface area contributed by atoms with Gasteiger partial charge in [0.15, 0.2) is 0 Å². The molecule has 0 bridgehead atoms. The Balaban J connectivity index is 1.90. The normalized spacial score (nSPS) is 24.4. The quantitative estimate of drug-likeness (QED) is 0.870. The van der Waals surface area contributed by atoms with Crippen LogP contribution >= 0.6 is 0 Å². The third-order valence-corrected chi connectivity index (χ3v) is 3.42. The fourth-order valence-corrected chi connectivity index (χ4v) is 2.41. The van der Waals surface area contributed by atoms with Gasteiger partial charge in [0.2, 0.25) is 0 Å². The lowest BCUT2D eigenvalue weighted by Crippen LogP contribution is -2.30. The van der Waals surface area contributed by atoms with Crippen molar-refractivity contribution in [3.8, 4) is 5.75 Å². The van der Waals surface area contributed by atoms with Crippen molar-refractivity contribution in [2.45, 2.75) is 37.8 Å². The van der Waals surface area contributed by atoms with Gasteiger partial charge in [-0.05, 0) is 49.9 Å². The Morgan fingerprint density at radius 3 is 2.53 bits per heavy atom. The molecule has 0 radical (unpaired) electrons. The van der Waals surface area contributed by atoms with Gasteiger partial charge in [0.1, 0.15) is 5.75 Å². The van der Waals surface area contributed by atoms with E-state index in [4.69, 9.17) is 9.47 Å². The Hall–Kier alpha value is -1.22. The van der Waals surface area contributed by atoms with E-state index >= 15 is 0 Å². The first-order valence-electron chi connectivity index (χ1n) is 6.25. The monoisotopic (exact) mass is 235 g/mol. The van der Waals surface area contributed by atoms with Gasteiger partial charge in [-0.25, -0.2) is 0 Å². The van der Waals surface area contributed by atoms with Gasteiger partial charge in [-0.15, -0.1) is 0 Å². The predicted molar refractivity (Wildman–Crippen MR) is 69.7 cm³/mol. The van der Waals surface area contributed by atoms with Crippen molar-refractivity contribution in [1.82, 2.24) is 0 Å². The lowest BCUT2D eigenvalue weighted by Gasteiger charge is -2.29. The Labute approximate surface area is 103 Å². The average molecular weight is 235 g/mol. The van der Waals surface area contributed by atoms with Gasteiger partial charge in [-0.2, -0.15) is 0 Å². The number of rotatable bonds is 4. The van der Waals surface area contributed by atoms with Crippen LogP contribution in [0.4, 0.5) is 5.69 Å². The summed E-state index contributed by atoms with van der Waals surface area (Å²) < 4.78 is 10.6. The third-order valence-electron chi connectivity index (χ3n) is 3.42. The van der Waals surface area contributed by atoms with Crippen molar-refractivity contribution < 1.29 is 9.47 Å². The molecule has 1 N–H and O–H groups in total. The second kappa shape index (κ2) is 5.92. The maximum atomic E-state index is 5.44. The first-order chi connectivity index (χ1) is 8.31. The molecule has 1 aromatic rings. The van der Waals surface area contributed by atoms with Crippen LogP contribution in [0, 0.1) is 0 Å². The lowest BCUT2D eigenvalue weighted by molar-refractivity contribution is 0.0669. The maximum absolute atomic E-state index is 5.44. The van der Waals surface area contributed by atoms with Crippen LogP contribution in [0.3, 0.4) is 0 Å². The molecule has 1 saturated carbocycles. The minimum absolute atomic E-state index is 0.416. The van der Waals surface area contributed by atoms with E-state index in [9.17, 15) is 0 Å². The molecule has 0 amide bonds. The van der Waals surface area contributed by atoms with Crippen LogP contribution in [0.25, 0.3) is 0 Å². The Morgan fingerprint density at radius 2 is 1.88 bits per heavy atom. The van der Waals surface area contributed by atoms with E-state index in [1.165, 1.54) is 19.3 Å². The van der Waals surface area contributed by atoms with Gasteiger partial charge in [-0.1, -0.05) is 0 Å². The van der Waals surface area contributed by atoms with E-state index in [2.05, 4.69) is 17.4 Å². The van der Waals surface area contributed by atoms with Gasteiger partial charge in [-0.3, -0.25) is 0 Å². The summed E-state index contributed by atoms with van der Waals surface area (Å²) in [6, 6.07) is 8.63. The van der Waals surface area contributed by atoms with Crippen molar-refractivity contribution in [2.24, 2.45) is 0 Å². The summed E-state index contributed by atoms with van der Waals surface area (Å²) in [6.07, 6.45) is 5.18. The number of ether oxygens (including phenoxy) is 2. The molecule has 1 aliphatic rings. The summed E-state index contributed by atoms with van der Waals surface area (Å²) in [7, 11) is 3.49. The van der Waals surface area contributed by atoms with Gasteiger partial charge in [0.05, 0.1) is 13.2 Å². The van der Waals surface area contributed by atoms with Crippen LogP contribution in [0.15, 0.2) is 24.3 Å². The number of anilines is 1. The molecular formula is C14H21NO2. The Bertz CT molecular complexity index is 337.